The Hall–Kier alpha value is -3.78. The predicted octanol–water partition coefficient (Wildman–Crippen LogP) is 1.70. The number of carbonyl (C=O) groups excluding carboxylic acids is 2. The Labute approximate surface area is 212 Å². The molecule has 2 aliphatic rings. The number of ether oxygens (including phenoxy) is 2. The molecule has 1 fully saturated rings. The first-order chi connectivity index (χ1) is 17.3. The first kappa shape index (κ1) is 23.9. The second kappa shape index (κ2) is 9.70. The monoisotopic (exact) mass is 504 g/mol. The summed E-state index contributed by atoms with van der Waals surface area (Å²) in [5.74, 6) is 5.44. The van der Waals surface area contributed by atoms with Crippen LogP contribution in [0.2, 0.25) is 0 Å². The molecule has 1 atom stereocenters. The zero-order valence-corrected chi connectivity index (χ0v) is 20.6. The van der Waals surface area contributed by atoms with E-state index in [0.717, 1.165) is 16.3 Å². The molecule has 0 spiro atoms. The number of amides is 2. The van der Waals surface area contributed by atoms with Gasteiger partial charge >= 0.3 is 0 Å². The Morgan fingerprint density at radius 1 is 1.33 bits per heavy atom. The fourth-order valence-electron chi connectivity index (χ4n) is 3.87. The number of carbonyl (C=O) groups is 2. The average Bonchev–Trinajstić information content (AvgIpc) is 3.23. The lowest BCUT2D eigenvalue weighted by molar-refractivity contribution is -0.140. The number of rotatable bonds is 4. The van der Waals surface area contributed by atoms with Crippen molar-refractivity contribution in [2.24, 2.45) is 0 Å². The molecule has 0 aliphatic carbocycles. The number of nitrogens with one attached hydrogen (secondary N) is 1. The van der Waals surface area contributed by atoms with Crippen molar-refractivity contribution < 1.29 is 24.2 Å². The van der Waals surface area contributed by atoms with Crippen LogP contribution in [0.25, 0.3) is 0 Å². The van der Waals surface area contributed by atoms with Gasteiger partial charge in [0.2, 0.25) is 0 Å². The zero-order valence-electron chi connectivity index (χ0n) is 19.8. The highest BCUT2D eigenvalue weighted by Gasteiger charge is 2.34. The molecule has 1 saturated heterocycles. The Kier molecular flexibility index (Phi) is 6.45. The van der Waals surface area contributed by atoms with Crippen LogP contribution in [0.1, 0.15) is 32.3 Å². The van der Waals surface area contributed by atoms with Crippen molar-refractivity contribution in [3.8, 4) is 17.6 Å². The molecule has 36 heavy (non-hydrogen) atoms. The molecule has 3 aromatic rings. The molecule has 5 rings (SSSR count). The molecule has 0 radical (unpaired) electrons. The van der Waals surface area contributed by atoms with Crippen LogP contribution in [0.4, 0.5) is 5.69 Å². The molecule has 10 heteroatoms. The molecule has 1 unspecified atom stereocenters. The van der Waals surface area contributed by atoms with E-state index in [-0.39, 0.29) is 31.4 Å². The summed E-state index contributed by atoms with van der Waals surface area (Å²) in [4.78, 5) is 36.2. The van der Waals surface area contributed by atoms with Crippen molar-refractivity contribution >= 4 is 28.8 Å². The van der Waals surface area contributed by atoms with E-state index in [1.165, 1.54) is 4.90 Å². The largest absolute Gasteiger partial charge is 0.489 e. The van der Waals surface area contributed by atoms with Gasteiger partial charge in [0.1, 0.15) is 24.1 Å². The molecule has 9 nitrogen and oxygen atoms in total. The van der Waals surface area contributed by atoms with E-state index in [0.29, 0.717) is 23.4 Å². The highest BCUT2D eigenvalue weighted by atomic mass is 32.1. The van der Waals surface area contributed by atoms with Crippen molar-refractivity contribution in [2.75, 3.05) is 31.8 Å². The number of pyridine rings is 1. The molecule has 4 heterocycles. The Balaban J connectivity index is 1.29. The lowest BCUT2D eigenvalue weighted by atomic mass is 10.0. The van der Waals surface area contributed by atoms with E-state index in [1.54, 1.807) is 48.8 Å². The first-order valence-corrected chi connectivity index (χ1v) is 12.2. The van der Waals surface area contributed by atoms with Gasteiger partial charge < -0.3 is 24.8 Å². The average molecular weight is 505 g/mol. The number of likely N-dealkylation sites (N-methyl/N-ethyl adjacent to an activating group) is 1. The third-order valence-corrected chi connectivity index (χ3v) is 6.71. The number of aromatic nitrogens is 2. The topological polar surface area (TPSA) is 114 Å². The van der Waals surface area contributed by atoms with Crippen LogP contribution in [0.5, 0.6) is 5.75 Å². The summed E-state index contributed by atoms with van der Waals surface area (Å²) < 4.78 is 10.9. The van der Waals surface area contributed by atoms with Crippen molar-refractivity contribution in [2.45, 2.75) is 25.0 Å². The van der Waals surface area contributed by atoms with Gasteiger partial charge in [-0.2, -0.15) is 0 Å². The Morgan fingerprint density at radius 2 is 2.17 bits per heavy atom. The SMILES string of the molecule is Cc1nc(Cc2ccnc(C(=O)NC3COc4ccc(C#CC5(O)COC5)cc4N(C)C3=O)c2)cs1. The molecule has 0 saturated carbocycles. The second-order valence-electron chi connectivity index (χ2n) is 8.78. The minimum atomic E-state index is -1.13. The van der Waals surface area contributed by atoms with Gasteiger partial charge in [-0.15, -0.1) is 11.3 Å². The van der Waals surface area contributed by atoms with Crippen molar-refractivity contribution in [1.82, 2.24) is 15.3 Å². The summed E-state index contributed by atoms with van der Waals surface area (Å²) in [6.45, 7) is 2.28. The van der Waals surface area contributed by atoms with E-state index in [2.05, 4.69) is 27.1 Å². The smallest absolute Gasteiger partial charge is 0.270 e. The molecular formula is C26H24N4O5S. The number of anilines is 1. The number of fused-ring (bicyclic) bond motifs is 1. The maximum absolute atomic E-state index is 13.2. The first-order valence-electron chi connectivity index (χ1n) is 11.3. The number of aliphatic hydroxyl groups is 1. The minimum absolute atomic E-state index is 0.0260. The van der Waals surface area contributed by atoms with E-state index >= 15 is 0 Å². The normalized spacial score (nSPS) is 18.1. The van der Waals surface area contributed by atoms with Crippen molar-refractivity contribution in [3.05, 3.63) is 69.4 Å². The lowest BCUT2D eigenvalue weighted by Gasteiger charge is -2.30. The number of hydrogen-bond donors (Lipinski definition) is 2. The number of nitrogens with zero attached hydrogens (tertiary/aromatic N) is 3. The molecule has 2 aliphatic heterocycles. The molecule has 2 N–H and O–H groups in total. The lowest BCUT2D eigenvalue weighted by Crippen LogP contribution is -2.49. The van der Waals surface area contributed by atoms with Gasteiger partial charge in [0, 0.05) is 30.6 Å². The van der Waals surface area contributed by atoms with Crippen LogP contribution < -0.4 is 15.0 Å². The van der Waals surface area contributed by atoms with Crippen LogP contribution in [0.15, 0.2) is 41.9 Å². The third-order valence-electron chi connectivity index (χ3n) is 5.89. The van der Waals surface area contributed by atoms with Crippen molar-refractivity contribution in [1.29, 1.82) is 0 Å². The van der Waals surface area contributed by atoms with Gasteiger partial charge in [-0.3, -0.25) is 14.6 Å². The van der Waals surface area contributed by atoms with E-state index in [4.69, 9.17) is 9.47 Å². The fourth-order valence-corrected chi connectivity index (χ4v) is 4.49. The molecule has 184 valence electrons. The summed E-state index contributed by atoms with van der Waals surface area (Å²) in [6, 6.07) is 7.84. The minimum Gasteiger partial charge on any atom is -0.489 e. The van der Waals surface area contributed by atoms with Gasteiger partial charge in [-0.05, 0) is 42.8 Å². The van der Waals surface area contributed by atoms with Crippen LogP contribution in [0.3, 0.4) is 0 Å². The third kappa shape index (κ3) is 5.09. The number of benzene rings is 1. The number of aryl methyl sites for hydroxylation is 1. The van der Waals surface area contributed by atoms with Crippen molar-refractivity contribution in [3.63, 3.8) is 0 Å². The molecule has 0 bridgehead atoms. The standard InChI is InChI=1S/C26H24N4O5S/c1-16-28-19(13-36-16)9-18-6-8-27-20(10-18)24(31)29-21-12-35-23-4-3-17(5-7-26(33)14-34-15-26)11-22(23)30(2)25(21)32/h3-4,6,8,10-11,13,21,33H,9,12,14-15H2,1-2H3,(H,29,31). The number of hydrogen-bond acceptors (Lipinski definition) is 8. The van der Waals surface area contributed by atoms with E-state index in [9.17, 15) is 14.7 Å². The van der Waals surface area contributed by atoms with Gasteiger partial charge in [0.25, 0.3) is 11.8 Å². The predicted molar refractivity (Wildman–Crippen MR) is 133 cm³/mol. The second-order valence-corrected chi connectivity index (χ2v) is 9.84. The maximum Gasteiger partial charge on any atom is 0.270 e. The fraction of sp³-hybridized carbons (Fsp3) is 0.308. The Bertz CT molecular complexity index is 1390. The zero-order chi connectivity index (χ0) is 25.3. The van der Waals surface area contributed by atoms with Crippen LogP contribution in [-0.2, 0) is 16.0 Å². The van der Waals surface area contributed by atoms with Gasteiger partial charge in [-0.1, -0.05) is 11.8 Å². The highest BCUT2D eigenvalue weighted by Crippen LogP contribution is 2.31. The van der Waals surface area contributed by atoms with Crippen LogP contribution in [0, 0.1) is 18.8 Å². The molecule has 1 aromatic carbocycles. The quantitative estimate of drug-likeness (QED) is 0.520. The number of thiazole rings is 1. The molecular weight excluding hydrogens is 480 g/mol. The molecule has 2 amide bonds. The van der Waals surface area contributed by atoms with Gasteiger partial charge in [-0.25, -0.2) is 4.98 Å². The van der Waals surface area contributed by atoms with E-state index < -0.39 is 17.6 Å². The van der Waals surface area contributed by atoms with Gasteiger partial charge in [0.05, 0.1) is 29.6 Å². The summed E-state index contributed by atoms with van der Waals surface area (Å²) in [5, 5.41) is 15.8. The summed E-state index contributed by atoms with van der Waals surface area (Å²) in [5.41, 5.74) is 2.06. The summed E-state index contributed by atoms with van der Waals surface area (Å²) in [6.07, 6.45) is 2.16. The van der Waals surface area contributed by atoms with E-state index in [1.807, 2.05) is 18.4 Å². The maximum atomic E-state index is 13.2. The molecule has 2 aromatic heterocycles. The summed E-state index contributed by atoms with van der Waals surface area (Å²) >= 11 is 1.58. The van der Waals surface area contributed by atoms with Crippen LogP contribution >= 0.6 is 11.3 Å². The highest BCUT2D eigenvalue weighted by molar-refractivity contribution is 7.09. The Morgan fingerprint density at radius 3 is 2.89 bits per heavy atom. The van der Waals surface area contributed by atoms with Crippen LogP contribution in [-0.4, -0.2) is 65.4 Å². The summed E-state index contributed by atoms with van der Waals surface area (Å²) in [7, 11) is 1.62. The van der Waals surface area contributed by atoms with Gasteiger partial charge in [0.15, 0.2) is 5.60 Å².